The molecule has 0 spiro atoms. The molecular weight excluding hydrogens is 339 g/mol. The van der Waals surface area contributed by atoms with Gasteiger partial charge < -0.3 is 4.43 Å². The van der Waals surface area contributed by atoms with Gasteiger partial charge in [0.1, 0.15) is 0 Å². The molecule has 0 heterocycles. The van der Waals surface area contributed by atoms with E-state index in [0.717, 1.165) is 0 Å². The Balaban J connectivity index is 5.02. The van der Waals surface area contributed by atoms with Crippen LogP contribution in [0.4, 0.5) is 0 Å². The highest BCUT2D eigenvalue weighted by molar-refractivity contribution is 14.1. The summed E-state index contributed by atoms with van der Waals surface area (Å²) in [7, 11) is -1.53. The van der Waals surface area contributed by atoms with E-state index < -0.39 is 8.32 Å². The lowest BCUT2D eigenvalue weighted by Gasteiger charge is -2.35. The normalized spacial score (nSPS) is 16.7. The Kier molecular flexibility index (Phi) is 8.68. The van der Waals surface area contributed by atoms with E-state index in [4.69, 9.17) is 4.43 Å². The Bertz CT molecular complexity index is 251. The van der Waals surface area contributed by atoms with Crippen LogP contribution < -0.4 is 0 Å². The Labute approximate surface area is 122 Å². The zero-order valence-electron chi connectivity index (χ0n) is 11.9. The molecule has 0 saturated heterocycles. The summed E-state index contributed by atoms with van der Waals surface area (Å²) in [5.74, 6) is 0.387. The maximum atomic E-state index is 6.59. The van der Waals surface area contributed by atoms with Crippen LogP contribution in [-0.2, 0) is 4.43 Å². The molecule has 0 amide bonds. The van der Waals surface area contributed by atoms with Crippen molar-refractivity contribution < 1.29 is 4.43 Å². The smallest absolute Gasteiger partial charge is 0.192 e. The first-order valence-electron chi connectivity index (χ1n) is 6.57. The number of hydrogen-bond donors (Lipinski definition) is 0. The number of rotatable bonds is 8. The van der Waals surface area contributed by atoms with E-state index in [2.05, 4.69) is 67.9 Å². The van der Waals surface area contributed by atoms with Crippen LogP contribution >= 0.6 is 22.6 Å². The van der Waals surface area contributed by atoms with Crippen molar-refractivity contribution in [1.29, 1.82) is 0 Å². The fourth-order valence-corrected chi connectivity index (χ4v) is 5.36. The molecular formula is C14H27IOSi. The Morgan fingerprint density at radius 2 is 1.76 bits per heavy atom. The maximum absolute atomic E-state index is 6.59. The molecule has 0 fully saturated rings. The Hall–Kier alpha value is 0.387. The van der Waals surface area contributed by atoms with Gasteiger partial charge in [0.05, 0.1) is 6.10 Å². The van der Waals surface area contributed by atoms with Crippen LogP contribution in [0.3, 0.4) is 0 Å². The van der Waals surface area contributed by atoms with Gasteiger partial charge in [0.15, 0.2) is 8.32 Å². The van der Waals surface area contributed by atoms with E-state index in [1.54, 1.807) is 0 Å². The Morgan fingerprint density at radius 3 is 2.06 bits per heavy atom. The second-order valence-corrected chi connectivity index (χ2v) is 10.1. The third kappa shape index (κ3) is 4.87. The van der Waals surface area contributed by atoms with Crippen molar-refractivity contribution >= 4 is 30.9 Å². The largest absolute Gasteiger partial charge is 0.410 e. The van der Waals surface area contributed by atoms with Gasteiger partial charge in [0, 0.05) is 5.92 Å². The topological polar surface area (TPSA) is 9.23 Å². The fourth-order valence-electron chi connectivity index (χ4n) is 2.07. The van der Waals surface area contributed by atoms with Crippen molar-refractivity contribution in [2.45, 2.75) is 58.9 Å². The summed E-state index contributed by atoms with van der Waals surface area (Å²) in [6.07, 6.45) is 2.23. The lowest BCUT2D eigenvalue weighted by atomic mass is 10.00. The standard InChI is InChI=1S/C14H27IOSi/c1-7-12(5)14(13(6)11-15)16-17(8-2,9-3)10-4/h7,11-12,14H,1,8-10H2,2-6H3/b13-11+/t12-,14-/m0/s1. The molecule has 0 aromatic carbocycles. The van der Waals surface area contributed by atoms with E-state index >= 15 is 0 Å². The minimum Gasteiger partial charge on any atom is -0.410 e. The average Bonchev–Trinajstić information content (AvgIpc) is 2.39. The van der Waals surface area contributed by atoms with E-state index in [1.807, 2.05) is 6.08 Å². The molecule has 2 atom stereocenters. The van der Waals surface area contributed by atoms with Crippen LogP contribution in [0.25, 0.3) is 0 Å². The molecule has 0 aliphatic heterocycles. The summed E-state index contributed by atoms with van der Waals surface area (Å²) < 4.78 is 8.73. The van der Waals surface area contributed by atoms with Crippen molar-refractivity contribution in [3.05, 3.63) is 22.3 Å². The quantitative estimate of drug-likeness (QED) is 0.311. The van der Waals surface area contributed by atoms with E-state index in [0.29, 0.717) is 5.92 Å². The van der Waals surface area contributed by atoms with Crippen LogP contribution in [0.15, 0.2) is 22.3 Å². The van der Waals surface area contributed by atoms with Crippen LogP contribution in [0.2, 0.25) is 18.1 Å². The van der Waals surface area contributed by atoms with Crippen LogP contribution in [-0.4, -0.2) is 14.4 Å². The number of halogens is 1. The molecule has 0 rings (SSSR count). The molecule has 0 aromatic heterocycles. The third-order valence-corrected chi connectivity index (χ3v) is 9.38. The fraction of sp³-hybridized carbons (Fsp3) is 0.714. The molecule has 0 saturated carbocycles. The summed E-state index contributed by atoms with van der Waals surface area (Å²) in [6.45, 7) is 15.1. The molecule has 0 unspecified atom stereocenters. The second-order valence-electron chi connectivity index (χ2n) is 4.73. The summed E-state index contributed by atoms with van der Waals surface area (Å²) in [6, 6.07) is 3.61. The first-order valence-corrected chi connectivity index (χ1v) is 10.3. The third-order valence-electron chi connectivity index (χ3n) is 3.78. The first kappa shape index (κ1) is 17.4. The predicted molar refractivity (Wildman–Crippen MR) is 89.2 cm³/mol. The predicted octanol–water partition coefficient (Wildman–Crippen LogP) is 5.54. The molecule has 17 heavy (non-hydrogen) atoms. The van der Waals surface area contributed by atoms with Gasteiger partial charge in [-0.25, -0.2) is 0 Å². The van der Waals surface area contributed by atoms with Crippen molar-refractivity contribution in [1.82, 2.24) is 0 Å². The summed E-state index contributed by atoms with van der Waals surface area (Å²) in [5.41, 5.74) is 1.32. The minimum absolute atomic E-state index is 0.218. The molecule has 0 aliphatic carbocycles. The average molecular weight is 366 g/mol. The Morgan fingerprint density at radius 1 is 1.29 bits per heavy atom. The highest BCUT2D eigenvalue weighted by Gasteiger charge is 2.33. The number of hydrogen-bond acceptors (Lipinski definition) is 1. The molecule has 0 bridgehead atoms. The van der Waals surface area contributed by atoms with E-state index in [-0.39, 0.29) is 6.10 Å². The summed E-state index contributed by atoms with van der Waals surface area (Å²) in [5, 5.41) is 0. The first-order chi connectivity index (χ1) is 8.00. The monoisotopic (exact) mass is 366 g/mol. The molecule has 0 radical (unpaired) electrons. The van der Waals surface area contributed by atoms with Crippen LogP contribution in [0.5, 0.6) is 0 Å². The van der Waals surface area contributed by atoms with Crippen LogP contribution in [0, 0.1) is 5.92 Å². The summed E-state index contributed by atoms with van der Waals surface area (Å²) >= 11 is 2.31. The summed E-state index contributed by atoms with van der Waals surface area (Å²) in [4.78, 5) is 0. The van der Waals surface area contributed by atoms with Crippen molar-refractivity contribution in [2.75, 3.05) is 0 Å². The lowest BCUT2D eigenvalue weighted by Crippen LogP contribution is -2.42. The van der Waals surface area contributed by atoms with Gasteiger partial charge >= 0.3 is 0 Å². The molecule has 0 aliphatic rings. The van der Waals surface area contributed by atoms with Gasteiger partial charge in [-0.15, -0.1) is 6.58 Å². The van der Waals surface area contributed by atoms with Crippen molar-refractivity contribution in [3.63, 3.8) is 0 Å². The minimum atomic E-state index is -1.53. The molecule has 100 valence electrons. The highest BCUT2D eigenvalue weighted by Crippen LogP contribution is 2.29. The molecule has 0 aromatic rings. The highest BCUT2D eigenvalue weighted by atomic mass is 127. The van der Waals surface area contributed by atoms with Gasteiger partial charge in [0.25, 0.3) is 0 Å². The zero-order valence-corrected chi connectivity index (χ0v) is 15.1. The van der Waals surface area contributed by atoms with Crippen molar-refractivity contribution in [3.8, 4) is 0 Å². The van der Waals surface area contributed by atoms with E-state index in [1.165, 1.54) is 23.7 Å². The molecule has 0 N–H and O–H groups in total. The molecule has 3 heteroatoms. The van der Waals surface area contributed by atoms with E-state index in [9.17, 15) is 0 Å². The van der Waals surface area contributed by atoms with Gasteiger partial charge in [-0.2, -0.15) is 0 Å². The zero-order chi connectivity index (χ0) is 13.5. The van der Waals surface area contributed by atoms with Crippen molar-refractivity contribution in [2.24, 2.45) is 5.92 Å². The second kappa shape index (κ2) is 8.48. The van der Waals surface area contributed by atoms with Gasteiger partial charge in [0.2, 0.25) is 0 Å². The van der Waals surface area contributed by atoms with Gasteiger partial charge in [-0.3, -0.25) is 0 Å². The van der Waals surface area contributed by atoms with Gasteiger partial charge in [-0.1, -0.05) is 56.4 Å². The lowest BCUT2D eigenvalue weighted by molar-refractivity contribution is 0.185. The molecule has 1 nitrogen and oxygen atoms in total. The maximum Gasteiger partial charge on any atom is 0.192 e. The van der Waals surface area contributed by atoms with Crippen LogP contribution in [0.1, 0.15) is 34.6 Å². The van der Waals surface area contributed by atoms with Gasteiger partial charge in [-0.05, 0) is 34.7 Å². The SMILES string of the molecule is C=C[C@H](C)[C@H](O[Si](CC)(CC)CC)/C(C)=C/I.